The molecule has 4 aromatic rings. The Kier molecular flexibility index (Phi) is 9.14. The van der Waals surface area contributed by atoms with Gasteiger partial charge < -0.3 is 14.8 Å². The predicted octanol–water partition coefficient (Wildman–Crippen LogP) is 7.73. The van der Waals surface area contributed by atoms with Crippen molar-refractivity contribution in [1.29, 1.82) is 5.26 Å². The molecule has 0 saturated heterocycles. The summed E-state index contributed by atoms with van der Waals surface area (Å²) in [6.45, 7) is 0. The lowest BCUT2D eigenvalue weighted by molar-refractivity contribution is -0.115. The number of thioether (sulfide) groups is 1. The molecule has 192 valence electrons. The molecule has 0 bridgehead atoms. The van der Waals surface area contributed by atoms with Crippen LogP contribution in [0.1, 0.15) is 12.0 Å². The number of amides is 1. The van der Waals surface area contributed by atoms with Crippen molar-refractivity contribution in [2.45, 2.75) is 11.4 Å². The minimum Gasteiger partial charge on any atom is -0.497 e. The fourth-order valence-electron chi connectivity index (χ4n) is 3.77. The first-order valence-corrected chi connectivity index (χ1v) is 13.3. The van der Waals surface area contributed by atoms with Crippen molar-refractivity contribution in [2.75, 3.05) is 25.3 Å². The van der Waals surface area contributed by atoms with E-state index in [0.717, 1.165) is 5.56 Å². The van der Waals surface area contributed by atoms with E-state index in [1.807, 2.05) is 42.5 Å². The van der Waals surface area contributed by atoms with Crippen molar-refractivity contribution in [3.8, 4) is 40.0 Å². The highest BCUT2D eigenvalue weighted by Gasteiger charge is 2.19. The summed E-state index contributed by atoms with van der Waals surface area (Å²) in [6.07, 6.45) is 0.184. The molecule has 0 unspecified atom stereocenters. The van der Waals surface area contributed by atoms with Gasteiger partial charge in [-0.1, -0.05) is 53.5 Å². The third-order valence-electron chi connectivity index (χ3n) is 5.64. The van der Waals surface area contributed by atoms with Gasteiger partial charge in [0.15, 0.2) is 0 Å². The Labute approximate surface area is 235 Å². The van der Waals surface area contributed by atoms with Gasteiger partial charge in [-0.2, -0.15) is 5.26 Å². The molecule has 0 aliphatic heterocycles. The number of carbonyl (C=O) groups excluding carboxylic acids is 1. The van der Waals surface area contributed by atoms with Gasteiger partial charge in [0.1, 0.15) is 22.6 Å². The largest absolute Gasteiger partial charge is 0.497 e. The summed E-state index contributed by atoms with van der Waals surface area (Å²) in [7, 11) is 3.17. The van der Waals surface area contributed by atoms with E-state index >= 15 is 0 Å². The van der Waals surface area contributed by atoms with Gasteiger partial charge in [0.05, 0.1) is 36.2 Å². The van der Waals surface area contributed by atoms with Gasteiger partial charge in [-0.3, -0.25) is 4.79 Å². The van der Waals surface area contributed by atoms with Gasteiger partial charge in [0.25, 0.3) is 0 Å². The van der Waals surface area contributed by atoms with Crippen LogP contribution in [0.3, 0.4) is 0 Å². The summed E-state index contributed by atoms with van der Waals surface area (Å²) < 4.78 is 11.0. The lowest BCUT2D eigenvalue weighted by Crippen LogP contribution is -2.12. The minimum absolute atomic E-state index is 0.184. The predicted molar refractivity (Wildman–Crippen MR) is 153 cm³/mol. The Morgan fingerprint density at radius 3 is 2.47 bits per heavy atom. The highest BCUT2D eigenvalue weighted by atomic mass is 35.5. The zero-order chi connectivity index (χ0) is 27.1. The smallest absolute Gasteiger partial charge is 0.225 e. The number of anilines is 1. The number of nitriles is 1. The van der Waals surface area contributed by atoms with Crippen molar-refractivity contribution in [3.05, 3.63) is 88.4 Å². The van der Waals surface area contributed by atoms with Gasteiger partial charge in [0.2, 0.25) is 5.91 Å². The van der Waals surface area contributed by atoms with Crippen LogP contribution in [0.15, 0.2) is 77.8 Å². The van der Waals surface area contributed by atoms with Crippen LogP contribution in [-0.2, 0) is 4.79 Å². The molecule has 0 spiro atoms. The van der Waals surface area contributed by atoms with Crippen LogP contribution in [0.2, 0.25) is 10.0 Å². The molecule has 1 amide bonds. The number of ether oxygens (including phenoxy) is 2. The number of hydrogen-bond acceptors (Lipinski definition) is 6. The maximum absolute atomic E-state index is 12.6. The molecule has 1 N–H and O–H groups in total. The van der Waals surface area contributed by atoms with Gasteiger partial charge >= 0.3 is 0 Å². The monoisotopic (exact) mass is 563 g/mol. The SMILES string of the molecule is COc1ccc(OC)c(-c2cc(-c3ccccc3)nc(SCCC(=O)Nc3ccc(Cl)cc3Cl)c2C#N)c1. The minimum atomic E-state index is -0.214. The number of benzene rings is 3. The molecule has 6 nitrogen and oxygen atoms in total. The number of carbonyl (C=O) groups is 1. The van der Waals surface area contributed by atoms with Crippen molar-refractivity contribution in [2.24, 2.45) is 0 Å². The van der Waals surface area contributed by atoms with Crippen molar-refractivity contribution in [1.82, 2.24) is 4.98 Å². The summed E-state index contributed by atoms with van der Waals surface area (Å²) in [4.78, 5) is 17.4. The van der Waals surface area contributed by atoms with Crippen LogP contribution in [0.25, 0.3) is 22.4 Å². The van der Waals surface area contributed by atoms with E-state index in [1.54, 1.807) is 44.6 Å². The first kappa shape index (κ1) is 27.3. The number of nitrogens with one attached hydrogen (secondary N) is 1. The van der Waals surface area contributed by atoms with E-state index < -0.39 is 0 Å². The van der Waals surface area contributed by atoms with Crippen LogP contribution in [0, 0.1) is 11.3 Å². The number of nitrogens with zero attached hydrogens (tertiary/aromatic N) is 2. The summed E-state index contributed by atoms with van der Waals surface area (Å²) >= 11 is 13.4. The third kappa shape index (κ3) is 6.40. The van der Waals surface area contributed by atoms with Crippen molar-refractivity contribution in [3.63, 3.8) is 0 Å². The van der Waals surface area contributed by atoms with Crippen LogP contribution in [0.5, 0.6) is 11.5 Å². The molecule has 0 fully saturated rings. The molecule has 3 aromatic carbocycles. The van der Waals surface area contributed by atoms with E-state index in [4.69, 9.17) is 37.7 Å². The Morgan fingerprint density at radius 2 is 1.79 bits per heavy atom. The van der Waals surface area contributed by atoms with Crippen LogP contribution >= 0.6 is 35.0 Å². The molecule has 1 heterocycles. The van der Waals surface area contributed by atoms with Crippen LogP contribution < -0.4 is 14.8 Å². The van der Waals surface area contributed by atoms with Crippen LogP contribution in [-0.4, -0.2) is 30.9 Å². The topological polar surface area (TPSA) is 84.2 Å². The number of pyridine rings is 1. The lowest BCUT2D eigenvalue weighted by atomic mass is 9.98. The molecule has 0 saturated carbocycles. The first-order chi connectivity index (χ1) is 18.4. The standard InChI is InChI=1S/C29H23Cl2N3O3S/c1-36-20-9-11-27(37-2)22(15-20)21-16-26(18-6-4-3-5-7-18)34-29(23(21)17-32)38-13-12-28(35)33-25-10-8-19(30)14-24(25)31/h3-11,14-16H,12-13H2,1-2H3,(H,33,35). The van der Waals surface area contributed by atoms with Crippen molar-refractivity contribution >= 4 is 46.6 Å². The molecule has 0 aliphatic carbocycles. The van der Waals surface area contributed by atoms with Gasteiger partial charge in [-0.15, -0.1) is 11.8 Å². The molecule has 0 radical (unpaired) electrons. The Balaban J connectivity index is 1.67. The Morgan fingerprint density at radius 1 is 1.00 bits per heavy atom. The van der Waals surface area contributed by atoms with E-state index in [1.165, 1.54) is 11.8 Å². The fraction of sp³-hybridized carbons (Fsp3) is 0.138. The van der Waals surface area contributed by atoms with Crippen molar-refractivity contribution < 1.29 is 14.3 Å². The van der Waals surface area contributed by atoms with E-state index in [-0.39, 0.29) is 12.3 Å². The maximum atomic E-state index is 12.6. The molecule has 38 heavy (non-hydrogen) atoms. The Bertz CT molecular complexity index is 1510. The van der Waals surface area contributed by atoms with Gasteiger partial charge in [-0.05, 0) is 42.5 Å². The van der Waals surface area contributed by atoms with Gasteiger partial charge in [-0.25, -0.2) is 4.98 Å². The second-order valence-electron chi connectivity index (χ2n) is 8.05. The van der Waals surface area contributed by atoms with E-state index in [0.29, 0.717) is 60.4 Å². The second kappa shape index (κ2) is 12.7. The zero-order valence-electron chi connectivity index (χ0n) is 20.6. The molecule has 9 heteroatoms. The second-order valence-corrected chi connectivity index (χ2v) is 9.98. The third-order valence-corrected chi connectivity index (χ3v) is 7.16. The average Bonchev–Trinajstić information content (AvgIpc) is 2.94. The molecular weight excluding hydrogens is 541 g/mol. The van der Waals surface area contributed by atoms with E-state index in [2.05, 4.69) is 11.4 Å². The number of halogens is 2. The highest BCUT2D eigenvalue weighted by Crippen LogP contribution is 2.40. The number of hydrogen-bond donors (Lipinski definition) is 1. The number of rotatable bonds is 9. The molecule has 4 rings (SSSR count). The summed E-state index contributed by atoms with van der Waals surface area (Å²) in [5, 5.41) is 14.4. The maximum Gasteiger partial charge on any atom is 0.225 e. The quantitative estimate of drug-likeness (QED) is 0.210. The lowest BCUT2D eigenvalue weighted by Gasteiger charge is -2.15. The molecule has 0 aliphatic rings. The molecule has 0 atom stereocenters. The summed E-state index contributed by atoms with van der Waals surface area (Å²) in [6, 6.07) is 24.2. The number of methoxy groups -OCH3 is 2. The summed E-state index contributed by atoms with van der Waals surface area (Å²) in [5.41, 5.74) is 3.85. The molecule has 1 aromatic heterocycles. The first-order valence-electron chi connectivity index (χ1n) is 11.5. The highest BCUT2D eigenvalue weighted by molar-refractivity contribution is 7.99. The number of aromatic nitrogens is 1. The fourth-order valence-corrected chi connectivity index (χ4v) is 5.17. The van der Waals surface area contributed by atoms with E-state index in [9.17, 15) is 10.1 Å². The summed E-state index contributed by atoms with van der Waals surface area (Å²) in [5.74, 6) is 1.41. The molecular formula is C29H23Cl2N3O3S. The van der Waals surface area contributed by atoms with Crippen LogP contribution in [0.4, 0.5) is 5.69 Å². The average molecular weight is 564 g/mol. The zero-order valence-corrected chi connectivity index (χ0v) is 23.0. The Hall–Kier alpha value is -3.70. The van der Waals surface area contributed by atoms with Gasteiger partial charge in [0, 0.05) is 33.9 Å². The normalized spacial score (nSPS) is 10.5.